The summed E-state index contributed by atoms with van der Waals surface area (Å²) in [5, 5.41) is 10.6. The molecule has 0 aliphatic carbocycles. The van der Waals surface area contributed by atoms with Crippen molar-refractivity contribution in [3.8, 4) is 11.5 Å². The smallest absolute Gasteiger partial charge is 0.138 e. The molecular formula is C19H24ClNO3. The Bertz CT molecular complexity index is 636. The van der Waals surface area contributed by atoms with E-state index in [9.17, 15) is 5.11 Å². The zero-order valence-electron chi connectivity index (χ0n) is 14.1. The predicted octanol–water partition coefficient (Wildman–Crippen LogP) is 3.40. The van der Waals surface area contributed by atoms with Crippen LogP contribution in [0.2, 0.25) is 5.02 Å². The van der Waals surface area contributed by atoms with Crippen LogP contribution < -0.4 is 9.47 Å². The summed E-state index contributed by atoms with van der Waals surface area (Å²) in [4.78, 5) is 2.01. The van der Waals surface area contributed by atoms with Crippen LogP contribution in [0.1, 0.15) is 5.56 Å². The van der Waals surface area contributed by atoms with Gasteiger partial charge in [0.1, 0.15) is 30.8 Å². The van der Waals surface area contributed by atoms with Crippen molar-refractivity contribution in [1.29, 1.82) is 0 Å². The van der Waals surface area contributed by atoms with Crippen LogP contribution >= 0.6 is 11.6 Å². The van der Waals surface area contributed by atoms with Gasteiger partial charge in [-0.1, -0.05) is 35.9 Å². The van der Waals surface area contributed by atoms with Gasteiger partial charge in [0.25, 0.3) is 0 Å². The number of nitrogens with zero attached hydrogens (tertiary/aromatic N) is 1. The second-order valence-electron chi connectivity index (χ2n) is 5.82. The summed E-state index contributed by atoms with van der Waals surface area (Å²) < 4.78 is 11.3. The molecule has 0 aromatic heterocycles. The molecule has 1 atom stereocenters. The van der Waals surface area contributed by atoms with Crippen molar-refractivity contribution in [3.63, 3.8) is 0 Å². The molecule has 5 heteroatoms. The molecule has 1 unspecified atom stereocenters. The summed E-state index contributed by atoms with van der Waals surface area (Å²) in [5.41, 5.74) is 1.17. The Morgan fingerprint density at radius 2 is 1.92 bits per heavy atom. The molecule has 0 saturated carbocycles. The minimum Gasteiger partial charge on any atom is -0.492 e. The van der Waals surface area contributed by atoms with Crippen LogP contribution in [0.3, 0.4) is 0 Å². The normalized spacial score (nSPS) is 12.2. The maximum absolute atomic E-state index is 10.1. The highest BCUT2D eigenvalue weighted by molar-refractivity contribution is 6.32. The van der Waals surface area contributed by atoms with Gasteiger partial charge in [0.15, 0.2) is 0 Å². The van der Waals surface area contributed by atoms with Gasteiger partial charge in [-0.3, -0.25) is 0 Å². The van der Waals surface area contributed by atoms with Gasteiger partial charge in [0.05, 0.1) is 5.02 Å². The van der Waals surface area contributed by atoms with E-state index in [0.717, 1.165) is 12.3 Å². The Balaban J connectivity index is 1.66. The third kappa shape index (κ3) is 6.40. The molecule has 0 spiro atoms. The minimum absolute atomic E-state index is 0.201. The van der Waals surface area contributed by atoms with Gasteiger partial charge in [-0.25, -0.2) is 0 Å². The van der Waals surface area contributed by atoms with Crippen molar-refractivity contribution in [2.75, 3.05) is 33.4 Å². The Hall–Kier alpha value is -1.75. The molecule has 2 aromatic rings. The Morgan fingerprint density at radius 1 is 1.12 bits per heavy atom. The SMILES string of the molecule is Cc1cccc(OCCN(C)CC(O)COc2ccccc2Cl)c1. The molecule has 0 fully saturated rings. The van der Waals surface area contributed by atoms with Crippen LogP contribution in [0.5, 0.6) is 11.5 Å². The Labute approximate surface area is 148 Å². The van der Waals surface area contributed by atoms with Crippen molar-refractivity contribution in [1.82, 2.24) is 4.90 Å². The van der Waals surface area contributed by atoms with E-state index in [2.05, 4.69) is 0 Å². The average molecular weight is 350 g/mol. The van der Waals surface area contributed by atoms with Gasteiger partial charge in [0.2, 0.25) is 0 Å². The van der Waals surface area contributed by atoms with Crippen LogP contribution in [-0.4, -0.2) is 49.5 Å². The number of para-hydroxylation sites is 1. The van der Waals surface area contributed by atoms with Gasteiger partial charge >= 0.3 is 0 Å². The summed E-state index contributed by atoms with van der Waals surface area (Å²) >= 11 is 6.02. The fourth-order valence-electron chi connectivity index (χ4n) is 2.28. The van der Waals surface area contributed by atoms with Gasteiger partial charge < -0.3 is 19.5 Å². The second-order valence-corrected chi connectivity index (χ2v) is 6.23. The lowest BCUT2D eigenvalue weighted by Gasteiger charge is -2.21. The summed E-state index contributed by atoms with van der Waals surface area (Å²) in [6, 6.07) is 15.2. The number of hydrogen-bond donors (Lipinski definition) is 1. The van der Waals surface area contributed by atoms with Crippen LogP contribution in [0.25, 0.3) is 0 Å². The van der Waals surface area contributed by atoms with E-state index in [1.165, 1.54) is 5.56 Å². The third-order valence-corrected chi connectivity index (χ3v) is 3.83. The highest BCUT2D eigenvalue weighted by Gasteiger charge is 2.10. The molecule has 0 amide bonds. The summed E-state index contributed by atoms with van der Waals surface area (Å²) in [7, 11) is 1.94. The Kier molecular flexibility index (Phi) is 7.37. The topological polar surface area (TPSA) is 41.9 Å². The number of benzene rings is 2. The standard InChI is InChI=1S/C19H24ClNO3/c1-15-6-5-7-17(12-15)23-11-10-21(2)13-16(22)14-24-19-9-4-3-8-18(19)20/h3-9,12,16,22H,10-11,13-14H2,1-2H3. The highest BCUT2D eigenvalue weighted by atomic mass is 35.5. The van der Waals surface area contributed by atoms with E-state index < -0.39 is 6.10 Å². The zero-order chi connectivity index (χ0) is 17.4. The average Bonchev–Trinajstić information content (AvgIpc) is 2.54. The van der Waals surface area contributed by atoms with E-state index in [1.54, 1.807) is 12.1 Å². The predicted molar refractivity (Wildman–Crippen MR) is 97.1 cm³/mol. The van der Waals surface area contributed by atoms with E-state index in [1.807, 2.05) is 55.3 Å². The van der Waals surface area contributed by atoms with E-state index in [4.69, 9.17) is 21.1 Å². The molecule has 1 N–H and O–H groups in total. The first kappa shape index (κ1) is 18.6. The molecule has 0 aliphatic rings. The van der Waals surface area contributed by atoms with Gasteiger partial charge in [-0.05, 0) is 43.8 Å². The number of halogens is 1. The fraction of sp³-hybridized carbons (Fsp3) is 0.368. The number of ether oxygens (including phenoxy) is 2. The monoisotopic (exact) mass is 349 g/mol. The van der Waals surface area contributed by atoms with Crippen LogP contribution in [0.15, 0.2) is 48.5 Å². The lowest BCUT2D eigenvalue weighted by Crippen LogP contribution is -2.35. The van der Waals surface area contributed by atoms with E-state index in [0.29, 0.717) is 23.9 Å². The molecule has 2 rings (SSSR count). The molecule has 4 nitrogen and oxygen atoms in total. The summed E-state index contributed by atoms with van der Waals surface area (Å²) in [5.74, 6) is 1.45. The van der Waals surface area contributed by atoms with Gasteiger partial charge in [-0.15, -0.1) is 0 Å². The maximum atomic E-state index is 10.1. The first-order valence-corrected chi connectivity index (χ1v) is 8.36. The molecule has 2 aromatic carbocycles. The molecule has 130 valence electrons. The molecule has 24 heavy (non-hydrogen) atoms. The van der Waals surface area contributed by atoms with Crippen molar-refractivity contribution >= 4 is 11.6 Å². The zero-order valence-corrected chi connectivity index (χ0v) is 14.9. The largest absolute Gasteiger partial charge is 0.492 e. The number of aliphatic hydroxyl groups excluding tert-OH is 1. The highest BCUT2D eigenvalue weighted by Crippen LogP contribution is 2.23. The number of rotatable bonds is 9. The van der Waals surface area contributed by atoms with Crippen molar-refractivity contribution in [2.45, 2.75) is 13.0 Å². The minimum atomic E-state index is -0.592. The van der Waals surface area contributed by atoms with E-state index in [-0.39, 0.29) is 6.61 Å². The molecular weight excluding hydrogens is 326 g/mol. The van der Waals surface area contributed by atoms with Crippen LogP contribution in [0.4, 0.5) is 0 Å². The second kappa shape index (κ2) is 9.52. The number of aliphatic hydroxyl groups is 1. The molecule has 0 aliphatic heterocycles. The van der Waals surface area contributed by atoms with Crippen LogP contribution in [0, 0.1) is 6.92 Å². The quantitative estimate of drug-likeness (QED) is 0.753. The molecule has 0 radical (unpaired) electrons. The molecule has 0 saturated heterocycles. The van der Waals surface area contributed by atoms with Gasteiger partial charge in [0, 0.05) is 13.1 Å². The first-order valence-electron chi connectivity index (χ1n) is 7.98. The number of aryl methyl sites for hydroxylation is 1. The van der Waals surface area contributed by atoms with Crippen molar-refractivity contribution < 1.29 is 14.6 Å². The van der Waals surface area contributed by atoms with Gasteiger partial charge in [-0.2, -0.15) is 0 Å². The molecule has 0 bridgehead atoms. The lowest BCUT2D eigenvalue weighted by molar-refractivity contribution is 0.0723. The number of likely N-dealkylation sites (N-methyl/N-ethyl adjacent to an activating group) is 1. The van der Waals surface area contributed by atoms with Crippen LogP contribution in [-0.2, 0) is 0 Å². The molecule has 0 heterocycles. The summed E-state index contributed by atoms with van der Waals surface area (Å²) in [6.45, 7) is 4.03. The lowest BCUT2D eigenvalue weighted by atomic mass is 10.2. The summed E-state index contributed by atoms with van der Waals surface area (Å²) in [6.07, 6.45) is -0.592. The van der Waals surface area contributed by atoms with Crippen molar-refractivity contribution in [2.24, 2.45) is 0 Å². The number of hydrogen-bond acceptors (Lipinski definition) is 4. The maximum Gasteiger partial charge on any atom is 0.138 e. The fourth-order valence-corrected chi connectivity index (χ4v) is 2.47. The Morgan fingerprint density at radius 3 is 2.67 bits per heavy atom. The van der Waals surface area contributed by atoms with E-state index >= 15 is 0 Å². The third-order valence-electron chi connectivity index (χ3n) is 3.52. The first-order chi connectivity index (χ1) is 11.5. The van der Waals surface area contributed by atoms with Crippen molar-refractivity contribution in [3.05, 3.63) is 59.1 Å².